The van der Waals surface area contributed by atoms with Crippen LogP contribution in [-0.2, 0) is 6.54 Å². The second-order valence-corrected chi connectivity index (χ2v) is 5.22. The minimum absolute atomic E-state index is 0.496. The lowest BCUT2D eigenvalue weighted by Gasteiger charge is -2.21. The Balaban J connectivity index is 1.86. The van der Waals surface area contributed by atoms with E-state index in [9.17, 15) is 0 Å². The molecule has 0 aromatic carbocycles. The number of aromatic nitrogens is 2. The number of aliphatic imine (C=N–C) groups is 1. The van der Waals surface area contributed by atoms with Crippen LogP contribution < -0.4 is 5.32 Å². The molecule has 1 saturated heterocycles. The van der Waals surface area contributed by atoms with E-state index in [1.807, 2.05) is 23.1 Å². The maximum Gasteiger partial charge on any atom is 0.193 e. The van der Waals surface area contributed by atoms with Crippen LogP contribution in [0, 0.1) is 5.92 Å². The molecule has 5 nitrogen and oxygen atoms in total. The molecule has 2 rings (SSSR count). The average Bonchev–Trinajstić information content (AvgIpc) is 3.07. The standard InChI is InChI=1S/C14H25N5/c1-3-15-14(18-8-4-5-9-18)16-11-13(2)12-19-10-6-7-17-19/h6-7,10,13H,3-5,8-9,11-12H2,1-2H3,(H,15,16). The Morgan fingerprint density at radius 2 is 2.21 bits per heavy atom. The Bertz CT molecular complexity index is 379. The minimum Gasteiger partial charge on any atom is -0.357 e. The van der Waals surface area contributed by atoms with E-state index in [0.29, 0.717) is 5.92 Å². The van der Waals surface area contributed by atoms with Crippen molar-refractivity contribution >= 4 is 5.96 Å². The Labute approximate surface area is 115 Å². The normalized spacial score (nSPS) is 17.8. The molecule has 0 bridgehead atoms. The van der Waals surface area contributed by atoms with Gasteiger partial charge in [-0.15, -0.1) is 0 Å². The number of hydrogen-bond donors (Lipinski definition) is 1. The van der Waals surface area contributed by atoms with Crippen LogP contribution >= 0.6 is 0 Å². The van der Waals surface area contributed by atoms with Gasteiger partial charge in [-0.3, -0.25) is 9.67 Å². The molecule has 0 amide bonds. The fraction of sp³-hybridized carbons (Fsp3) is 0.714. The first-order valence-corrected chi connectivity index (χ1v) is 7.30. The summed E-state index contributed by atoms with van der Waals surface area (Å²) in [6, 6.07) is 1.96. The molecule has 0 aliphatic carbocycles. The van der Waals surface area contributed by atoms with Crippen molar-refractivity contribution in [3.63, 3.8) is 0 Å². The minimum atomic E-state index is 0.496. The predicted molar refractivity (Wildman–Crippen MR) is 78.2 cm³/mol. The summed E-state index contributed by atoms with van der Waals surface area (Å²) in [5, 5.41) is 7.63. The number of rotatable bonds is 5. The molecule has 0 saturated carbocycles. The Kier molecular flexibility index (Phi) is 5.24. The van der Waals surface area contributed by atoms with Gasteiger partial charge in [-0.25, -0.2) is 0 Å². The number of likely N-dealkylation sites (tertiary alicyclic amines) is 1. The maximum absolute atomic E-state index is 4.77. The van der Waals surface area contributed by atoms with E-state index in [0.717, 1.165) is 38.7 Å². The number of hydrogen-bond acceptors (Lipinski definition) is 2. The van der Waals surface area contributed by atoms with Crippen LogP contribution in [0.15, 0.2) is 23.5 Å². The average molecular weight is 263 g/mol. The first kappa shape index (κ1) is 13.9. The van der Waals surface area contributed by atoms with E-state index in [-0.39, 0.29) is 0 Å². The van der Waals surface area contributed by atoms with E-state index < -0.39 is 0 Å². The van der Waals surface area contributed by atoms with Crippen LogP contribution in [0.4, 0.5) is 0 Å². The lowest BCUT2D eigenvalue weighted by Crippen LogP contribution is -2.39. The molecule has 0 radical (unpaired) electrons. The summed E-state index contributed by atoms with van der Waals surface area (Å²) >= 11 is 0. The lowest BCUT2D eigenvalue weighted by atomic mass is 10.2. The largest absolute Gasteiger partial charge is 0.357 e. The van der Waals surface area contributed by atoms with E-state index in [4.69, 9.17) is 4.99 Å². The second kappa shape index (κ2) is 7.16. The molecule has 1 atom stereocenters. The molecular formula is C14H25N5. The Morgan fingerprint density at radius 1 is 1.42 bits per heavy atom. The highest BCUT2D eigenvalue weighted by Gasteiger charge is 2.15. The maximum atomic E-state index is 4.77. The molecule has 1 aliphatic rings. The van der Waals surface area contributed by atoms with Crippen molar-refractivity contribution in [2.45, 2.75) is 33.2 Å². The van der Waals surface area contributed by atoms with Crippen molar-refractivity contribution in [2.24, 2.45) is 10.9 Å². The van der Waals surface area contributed by atoms with Gasteiger partial charge in [0.05, 0.1) is 0 Å². The first-order valence-electron chi connectivity index (χ1n) is 7.30. The third kappa shape index (κ3) is 4.26. The first-order chi connectivity index (χ1) is 9.29. The molecule has 1 aromatic rings. The van der Waals surface area contributed by atoms with Gasteiger partial charge in [0, 0.05) is 45.1 Å². The smallest absolute Gasteiger partial charge is 0.193 e. The van der Waals surface area contributed by atoms with Crippen molar-refractivity contribution in [2.75, 3.05) is 26.2 Å². The highest BCUT2D eigenvalue weighted by molar-refractivity contribution is 5.80. The van der Waals surface area contributed by atoms with E-state index in [1.165, 1.54) is 12.8 Å². The lowest BCUT2D eigenvalue weighted by molar-refractivity contribution is 0.448. The van der Waals surface area contributed by atoms with Gasteiger partial charge in [0.15, 0.2) is 5.96 Å². The third-order valence-electron chi connectivity index (χ3n) is 3.35. The summed E-state index contributed by atoms with van der Waals surface area (Å²) in [7, 11) is 0. The van der Waals surface area contributed by atoms with Gasteiger partial charge in [-0.2, -0.15) is 5.10 Å². The van der Waals surface area contributed by atoms with Crippen LogP contribution in [0.25, 0.3) is 0 Å². The number of guanidine groups is 1. The molecule has 106 valence electrons. The van der Waals surface area contributed by atoms with Gasteiger partial charge in [0.2, 0.25) is 0 Å². The van der Waals surface area contributed by atoms with Gasteiger partial charge in [0.25, 0.3) is 0 Å². The molecule has 5 heteroatoms. The fourth-order valence-electron chi connectivity index (χ4n) is 2.38. The zero-order valence-corrected chi connectivity index (χ0v) is 12.0. The fourth-order valence-corrected chi connectivity index (χ4v) is 2.38. The van der Waals surface area contributed by atoms with Gasteiger partial charge in [-0.1, -0.05) is 6.92 Å². The van der Waals surface area contributed by atoms with Crippen LogP contribution in [0.5, 0.6) is 0 Å². The summed E-state index contributed by atoms with van der Waals surface area (Å²) in [6.45, 7) is 9.33. The van der Waals surface area contributed by atoms with Crippen molar-refractivity contribution in [3.8, 4) is 0 Å². The topological polar surface area (TPSA) is 45.5 Å². The highest BCUT2D eigenvalue weighted by Crippen LogP contribution is 2.08. The Morgan fingerprint density at radius 3 is 2.84 bits per heavy atom. The molecule has 1 N–H and O–H groups in total. The molecule has 1 aliphatic heterocycles. The molecule has 19 heavy (non-hydrogen) atoms. The monoisotopic (exact) mass is 263 g/mol. The van der Waals surface area contributed by atoms with Crippen LogP contribution in [0.3, 0.4) is 0 Å². The van der Waals surface area contributed by atoms with Crippen LogP contribution in [-0.4, -0.2) is 46.8 Å². The molecular weight excluding hydrogens is 238 g/mol. The summed E-state index contributed by atoms with van der Waals surface area (Å²) in [5.74, 6) is 1.57. The highest BCUT2D eigenvalue weighted by atomic mass is 15.3. The Hall–Kier alpha value is -1.52. The second-order valence-electron chi connectivity index (χ2n) is 5.22. The number of nitrogens with one attached hydrogen (secondary N) is 1. The molecule has 1 fully saturated rings. The van der Waals surface area contributed by atoms with E-state index >= 15 is 0 Å². The molecule has 1 unspecified atom stereocenters. The van der Waals surface area contributed by atoms with E-state index in [2.05, 4.69) is 29.2 Å². The predicted octanol–water partition coefficient (Wildman–Crippen LogP) is 1.58. The summed E-state index contributed by atoms with van der Waals surface area (Å²) < 4.78 is 1.98. The quantitative estimate of drug-likeness (QED) is 0.648. The zero-order valence-electron chi connectivity index (χ0n) is 12.0. The van der Waals surface area contributed by atoms with Crippen LogP contribution in [0.1, 0.15) is 26.7 Å². The SMILES string of the molecule is CCNC(=NCC(C)Cn1cccn1)N1CCCC1. The van der Waals surface area contributed by atoms with Crippen molar-refractivity contribution in [3.05, 3.63) is 18.5 Å². The summed E-state index contributed by atoms with van der Waals surface area (Å²) in [4.78, 5) is 7.13. The van der Waals surface area contributed by atoms with Crippen molar-refractivity contribution in [1.82, 2.24) is 20.0 Å². The summed E-state index contributed by atoms with van der Waals surface area (Å²) in [5.41, 5.74) is 0. The van der Waals surface area contributed by atoms with E-state index in [1.54, 1.807) is 0 Å². The number of nitrogens with zero attached hydrogens (tertiary/aromatic N) is 4. The van der Waals surface area contributed by atoms with Crippen molar-refractivity contribution < 1.29 is 0 Å². The van der Waals surface area contributed by atoms with Gasteiger partial charge >= 0.3 is 0 Å². The zero-order chi connectivity index (χ0) is 13.5. The summed E-state index contributed by atoms with van der Waals surface area (Å²) in [6.07, 6.45) is 6.40. The van der Waals surface area contributed by atoms with Gasteiger partial charge < -0.3 is 10.2 Å². The molecule has 1 aromatic heterocycles. The molecule has 0 spiro atoms. The third-order valence-corrected chi connectivity index (χ3v) is 3.35. The van der Waals surface area contributed by atoms with Crippen molar-refractivity contribution in [1.29, 1.82) is 0 Å². The van der Waals surface area contributed by atoms with Gasteiger partial charge in [-0.05, 0) is 31.7 Å². The molecule has 2 heterocycles. The van der Waals surface area contributed by atoms with Crippen LogP contribution in [0.2, 0.25) is 0 Å². The van der Waals surface area contributed by atoms with Gasteiger partial charge in [0.1, 0.15) is 0 Å².